The Morgan fingerprint density at radius 1 is 1.22 bits per heavy atom. The third kappa shape index (κ3) is 5.67. The van der Waals surface area contributed by atoms with Gasteiger partial charge < -0.3 is 21.5 Å². The smallest absolute Gasteiger partial charge is 0.225 e. The quantitative estimate of drug-likeness (QED) is 0.525. The number of thioether (sulfide) groups is 1. The number of rotatable bonds is 7. The molecular weight excluding hydrogens is 314 g/mol. The summed E-state index contributed by atoms with van der Waals surface area (Å²) in [4.78, 5) is 20.0. The highest BCUT2D eigenvalue weighted by Crippen LogP contribution is 2.18. The number of benzene rings is 1. The molecule has 0 aliphatic carbocycles. The minimum Gasteiger partial charge on any atom is -0.494 e. The van der Waals surface area contributed by atoms with Crippen LogP contribution in [-0.4, -0.2) is 28.2 Å². The molecule has 7 nitrogen and oxygen atoms in total. The van der Waals surface area contributed by atoms with E-state index in [0.717, 1.165) is 11.4 Å². The van der Waals surface area contributed by atoms with Crippen LogP contribution >= 0.6 is 11.8 Å². The Balaban J connectivity index is 1.78. The van der Waals surface area contributed by atoms with Gasteiger partial charge in [0.1, 0.15) is 17.4 Å². The van der Waals surface area contributed by atoms with Crippen LogP contribution in [0.2, 0.25) is 0 Å². The van der Waals surface area contributed by atoms with Gasteiger partial charge in [0, 0.05) is 23.9 Å². The van der Waals surface area contributed by atoms with Crippen LogP contribution in [0, 0.1) is 0 Å². The summed E-state index contributed by atoms with van der Waals surface area (Å²) in [6.07, 6.45) is 0.329. The highest BCUT2D eigenvalue weighted by molar-refractivity contribution is 7.99. The van der Waals surface area contributed by atoms with Gasteiger partial charge in [-0.2, -0.15) is 0 Å². The Morgan fingerprint density at radius 2 is 1.87 bits per heavy atom. The van der Waals surface area contributed by atoms with Crippen molar-refractivity contribution in [1.82, 2.24) is 9.97 Å². The van der Waals surface area contributed by atoms with Gasteiger partial charge in [0.05, 0.1) is 6.61 Å². The zero-order valence-corrected chi connectivity index (χ0v) is 13.6. The number of nitrogens with one attached hydrogen (secondary N) is 1. The summed E-state index contributed by atoms with van der Waals surface area (Å²) in [7, 11) is 0. The van der Waals surface area contributed by atoms with E-state index >= 15 is 0 Å². The van der Waals surface area contributed by atoms with Gasteiger partial charge in [0.2, 0.25) is 5.91 Å². The van der Waals surface area contributed by atoms with Crippen molar-refractivity contribution in [2.24, 2.45) is 0 Å². The highest BCUT2D eigenvalue weighted by atomic mass is 32.2. The summed E-state index contributed by atoms with van der Waals surface area (Å²) in [5, 5.41) is 3.29. The van der Waals surface area contributed by atoms with Gasteiger partial charge >= 0.3 is 0 Å². The fraction of sp³-hybridized carbons (Fsp3) is 0.267. The van der Waals surface area contributed by atoms with Crippen molar-refractivity contribution in [2.45, 2.75) is 18.5 Å². The van der Waals surface area contributed by atoms with Crippen LogP contribution < -0.4 is 21.5 Å². The maximum absolute atomic E-state index is 11.9. The van der Waals surface area contributed by atoms with Crippen molar-refractivity contribution in [3.63, 3.8) is 0 Å². The van der Waals surface area contributed by atoms with Crippen LogP contribution in [0.5, 0.6) is 5.75 Å². The van der Waals surface area contributed by atoms with E-state index in [4.69, 9.17) is 16.2 Å². The van der Waals surface area contributed by atoms with E-state index in [2.05, 4.69) is 15.3 Å². The van der Waals surface area contributed by atoms with E-state index in [-0.39, 0.29) is 5.91 Å². The second kappa shape index (κ2) is 8.23. The number of carbonyl (C=O) groups is 1. The molecule has 0 spiro atoms. The minimum absolute atomic E-state index is 0.0847. The Kier molecular flexibility index (Phi) is 6.04. The minimum atomic E-state index is -0.0847. The first-order valence-corrected chi connectivity index (χ1v) is 8.11. The molecule has 0 unspecified atom stereocenters. The summed E-state index contributed by atoms with van der Waals surface area (Å²) in [5.41, 5.74) is 11.9. The third-order valence-electron chi connectivity index (χ3n) is 2.75. The zero-order valence-electron chi connectivity index (χ0n) is 12.8. The largest absolute Gasteiger partial charge is 0.494 e. The maximum Gasteiger partial charge on any atom is 0.225 e. The molecule has 0 aliphatic rings. The Bertz CT molecular complexity index is 643. The molecule has 5 N–H and O–H groups in total. The van der Waals surface area contributed by atoms with Crippen molar-refractivity contribution < 1.29 is 9.53 Å². The van der Waals surface area contributed by atoms with Gasteiger partial charge in [-0.15, -0.1) is 0 Å². The molecule has 1 aromatic carbocycles. The van der Waals surface area contributed by atoms with E-state index in [1.165, 1.54) is 17.8 Å². The number of nitrogens with two attached hydrogens (primary N) is 2. The lowest BCUT2D eigenvalue weighted by atomic mass is 10.3. The molecule has 0 saturated heterocycles. The fourth-order valence-electron chi connectivity index (χ4n) is 1.79. The van der Waals surface area contributed by atoms with E-state index in [0.29, 0.717) is 35.6 Å². The Morgan fingerprint density at radius 3 is 2.48 bits per heavy atom. The Hall–Kier alpha value is -2.48. The molecule has 0 atom stereocenters. The predicted octanol–water partition coefficient (Wildman–Crippen LogP) is 2.16. The van der Waals surface area contributed by atoms with Crippen molar-refractivity contribution in [2.75, 3.05) is 29.1 Å². The van der Waals surface area contributed by atoms with Crippen LogP contribution in [0.1, 0.15) is 13.3 Å². The van der Waals surface area contributed by atoms with Crippen LogP contribution in [0.25, 0.3) is 0 Å². The molecule has 23 heavy (non-hydrogen) atoms. The number of nitrogens with zero attached hydrogens (tertiary/aromatic N) is 2. The maximum atomic E-state index is 11.9. The monoisotopic (exact) mass is 333 g/mol. The van der Waals surface area contributed by atoms with E-state index in [9.17, 15) is 4.79 Å². The Labute approximate surface area is 138 Å². The van der Waals surface area contributed by atoms with Crippen molar-refractivity contribution >= 4 is 35.0 Å². The number of carbonyl (C=O) groups excluding carboxylic acids is 1. The van der Waals surface area contributed by atoms with Gasteiger partial charge in [-0.1, -0.05) is 11.8 Å². The van der Waals surface area contributed by atoms with Crippen LogP contribution in [0.15, 0.2) is 35.5 Å². The van der Waals surface area contributed by atoms with Crippen molar-refractivity contribution in [3.05, 3.63) is 30.3 Å². The number of hydrogen-bond donors (Lipinski definition) is 3. The molecule has 1 aromatic heterocycles. The first kappa shape index (κ1) is 16.9. The third-order valence-corrected chi connectivity index (χ3v) is 3.60. The number of ether oxygens (including phenoxy) is 1. The van der Waals surface area contributed by atoms with Crippen molar-refractivity contribution in [1.29, 1.82) is 0 Å². The van der Waals surface area contributed by atoms with Gasteiger partial charge in [-0.25, -0.2) is 9.97 Å². The summed E-state index contributed by atoms with van der Waals surface area (Å²) in [6, 6.07) is 8.73. The van der Waals surface area contributed by atoms with Crippen molar-refractivity contribution in [3.8, 4) is 5.75 Å². The molecule has 0 fully saturated rings. The first-order chi connectivity index (χ1) is 11.1. The molecule has 0 aliphatic heterocycles. The summed E-state index contributed by atoms with van der Waals surface area (Å²) >= 11 is 1.33. The molecule has 0 bridgehead atoms. The molecule has 122 valence electrons. The van der Waals surface area contributed by atoms with Gasteiger partial charge in [-0.05, 0) is 31.2 Å². The normalized spacial score (nSPS) is 10.3. The average Bonchev–Trinajstić information content (AvgIpc) is 2.48. The standard InChI is InChI=1S/C15H19N5O2S/c1-2-22-11-5-3-10(4-6-11)18-14(21)7-8-23-15-19-12(16)9-13(17)20-15/h3-6,9H,2,7-8H2,1H3,(H,18,21)(H4,16,17,19,20). The number of anilines is 3. The topological polar surface area (TPSA) is 116 Å². The lowest BCUT2D eigenvalue weighted by molar-refractivity contribution is -0.115. The molecule has 0 saturated carbocycles. The van der Waals surface area contributed by atoms with Gasteiger partial charge in [-0.3, -0.25) is 4.79 Å². The van der Waals surface area contributed by atoms with Gasteiger partial charge in [0.15, 0.2) is 5.16 Å². The summed E-state index contributed by atoms with van der Waals surface area (Å²) in [5.74, 6) is 1.86. The molecule has 1 amide bonds. The van der Waals surface area contributed by atoms with E-state index in [1.54, 1.807) is 12.1 Å². The fourth-order valence-corrected chi connectivity index (χ4v) is 2.60. The van der Waals surface area contributed by atoms with Crippen LogP contribution in [0.4, 0.5) is 17.3 Å². The van der Waals surface area contributed by atoms with E-state index in [1.807, 2.05) is 19.1 Å². The molecule has 2 rings (SSSR count). The average molecular weight is 333 g/mol. The number of hydrogen-bond acceptors (Lipinski definition) is 7. The predicted molar refractivity (Wildman–Crippen MR) is 92.4 cm³/mol. The number of nitrogen functional groups attached to an aromatic ring is 2. The summed E-state index contributed by atoms with van der Waals surface area (Å²) < 4.78 is 5.35. The lowest BCUT2D eigenvalue weighted by Gasteiger charge is -2.07. The van der Waals surface area contributed by atoms with Gasteiger partial charge in [0.25, 0.3) is 0 Å². The van der Waals surface area contributed by atoms with E-state index < -0.39 is 0 Å². The SMILES string of the molecule is CCOc1ccc(NC(=O)CCSc2nc(N)cc(N)n2)cc1. The number of aromatic nitrogens is 2. The highest BCUT2D eigenvalue weighted by Gasteiger charge is 2.06. The second-order valence-electron chi connectivity index (χ2n) is 4.60. The first-order valence-electron chi connectivity index (χ1n) is 7.12. The van der Waals surface area contributed by atoms with Crippen LogP contribution in [0.3, 0.4) is 0 Å². The summed E-state index contributed by atoms with van der Waals surface area (Å²) in [6.45, 7) is 2.53. The zero-order chi connectivity index (χ0) is 16.7. The number of amides is 1. The van der Waals surface area contributed by atoms with Crippen LogP contribution in [-0.2, 0) is 4.79 Å². The molecule has 1 heterocycles. The molecule has 0 radical (unpaired) electrons. The molecule has 8 heteroatoms. The molecule has 2 aromatic rings. The lowest BCUT2D eigenvalue weighted by Crippen LogP contribution is -2.12. The second-order valence-corrected chi connectivity index (χ2v) is 5.67. The molecular formula is C15H19N5O2S.